The Kier molecular flexibility index (Phi) is 14.4. The monoisotopic (exact) mass is 964 g/mol. The minimum Gasteiger partial charge on any atom is -0.457 e. The number of sulfone groups is 2. The molecule has 0 aromatic heterocycles. The van der Waals surface area contributed by atoms with Crippen molar-refractivity contribution in [3.63, 3.8) is 0 Å². The number of hydrogen-bond donors (Lipinski definition) is 0. The molecular weight excluding hydrogens is 934 g/mol. The normalized spacial score (nSPS) is 11.2. The maximum atomic E-state index is 12.7. The van der Waals surface area contributed by atoms with Crippen LogP contribution in [0.3, 0.4) is 0 Å². The van der Waals surface area contributed by atoms with E-state index in [4.69, 9.17) is 55.9 Å². The first kappa shape index (κ1) is 45.8. The van der Waals surface area contributed by atoms with Crippen LogP contribution >= 0.6 is 46.4 Å². The minimum absolute atomic E-state index is 0.0896. The molecule has 0 aliphatic rings. The van der Waals surface area contributed by atoms with Crippen LogP contribution in [0.2, 0.25) is 20.1 Å². The van der Waals surface area contributed by atoms with E-state index in [9.17, 15) is 26.4 Å². The zero-order chi connectivity index (χ0) is 45.4. The fourth-order valence-electron chi connectivity index (χ4n) is 6.03. The van der Waals surface area contributed by atoms with Crippen molar-refractivity contribution in [2.24, 2.45) is 0 Å². The highest BCUT2D eigenvalue weighted by molar-refractivity contribution is 7.91. The molecule has 0 saturated heterocycles. The number of hydrogen-bond acceptors (Lipinski definition) is 8. The van der Waals surface area contributed by atoms with Gasteiger partial charge in [-0.25, -0.2) is 16.8 Å². The van der Waals surface area contributed by atoms with E-state index in [-0.39, 0.29) is 31.1 Å². The molecule has 0 amide bonds. The predicted molar refractivity (Wildman–Crippen MR) is 249 cm³/mol. The van der Waals surface area contributed by atoms with Gasteiger partial charge in [0.1, 0.15) is 23.0 Å². The van der Waals surface area contributed by atoms with Crippen molar-refractivity contribution < 1.29 is 35.9 Å². The van der Waals surface area contributed by atoms with Crippen molar-refractivity contribution in [2.75, 3.05) is 0 Å². The molecular formula is C50H32Cl4O8S2. The molecule has 0 spiro atoms. The summed E-state index contributed by atoms with van der Waals surface area (Å²) in [6.07, 6.45) is 0. The van der Waals surface area contributed by atoms with Crippen LogP contribution in [0.25, 0.3) is 0 Å². The van der Waals surface area contributed by atoms with Crippen molar-refractivity contribution >= 4 is 77.6 Å². The van der Waals surface area contributed by atoms with Gasteiger partial charge in [0.25, 0.3) is 0 Å². The van der Waals surface area contributed by atoms with Crippen LogP contribution in [0.1, 0.15) is 31.8 Å². The molecule has 0 bridgehead atoms. The van der Waals surface area contributed by atoms with E-state index in [1.54, 1.807) is 97.1 Å². The average Bonchev–Trinajstić information content (AvgIpc) is 3.30. The van der Waals surface area contributed by atoms with Gasteiger partial charge in [0, 0.05) is 42.3 Å². The maximum Gasteiger partial charge on any atom is 0.206 e. The van der Waals surface area contributed by atoms with Gasteiger partial charge >= 0.3 is 0 Å². The van der Waals surface area contributed by atoms with E-state index in [0.29, 0.717) is 65.3 Å². The summed E-state index contributed by atoms with van der Waals surface area (Å²) in [5, 5.41) is 2.07. The predicted octanol–water partition coefficient (Wildman–Crippen LogP) is 13.7. The highest BCUT2D eigenvalue weighted by atomic mass is 35.5. The van der Waals surface area contributed by atoms with Gasteiger partial charge in [-0.05, 0) is 194 Å². The summed E-state index contributed by atoms with van der Waals surface area (Å²) in [5.41, 5.74) is 2.25. The highest BCUT2D eigenvalue weighted by Crippen LogP contribution is 2.30. The Labute approximate surface area is 390 Å². The molecule has 0 radical (unpaired) electrons. The number of carbonyl (C=O) groups excluding carboxylic acids is 2. The van der Waals surface area contributed by atoms with Crippen LogP contribution in [-0.4, -0.2) is 28.4 Å². The van der Waals surface area contributed by atoms with Crippen molar-refractivity contribution in [2.45, 2.75) is 19.6 Å². The molecule has 8 nitrogen and oxygen atoms in total. The first-order chi connectivity index (χ1) is 30.6. The van der Waals surface area contributed by atoms with Gasteiger partial charge < -0.3 is 9.47 Å². The Balaban J connectivity index is 0.000000192. The number of carbonyl (C=O) groups is 2. The lowest BCUT2D eigenvalue weighted by Crippen LogP contribution is -2.02. The fourth-order valence-corrected chi connectivity index (χ4v) is 9.06. The lowest BCUT2D eigenvalue weighted by atomic mass is 10.0. The van der Waals surface area contributed by atoms with Crippen LogP contribution in [0.4, 0.5) is 0 Å². The Morgan fingerprint density at radius 2 is 0.453 bits per heavy atom. The average molecular weight is 967 g/mol. The van der Waals surface area contributed by atoms with Gasteiger partial charge in [0.05, 0.1) is 19.6 Å². The van der Waals surface area contributed by atoms with E-state index in [1.807, 2.05) is 0 Å². The molecule has 64 heavy (non-hydrogen) atoms. The molecule has 14 heteroatoms. The van der Waals surface area contributed by atoms with Crippen molar-refractivity contribution in [1.82, 2.24) is 0 Å². The van der Waals surface area contributed by atoms with Gasteiger partial charge in [-0.2, -0.15) is 0 Å². The molecule has 8 rings (SSSR count). The lowest BCUT2D eigenvalue weighted by Gasteiger charge is -2.09. The number of ketones is 2. The van der Waals surface area contributed by atoms with E-state index in [2.05, 4.69) is 0 Å². The molecule has 320 valence electrons. The largest absolute Gasteiger partial charge is 0.457 e. The number of rotatable bonds is 12. The highest BCUT2D eigenvalue weighted by Gasteiger charge is 2.19. The van der Waals surface area contributed by atoms with E-state index < -0.39 is 19.7 Å². The first-order valence-corrected chi connectivity index (χ1v) is 23.5. The van der Waals surface area contributed by atoms with E-state index >= 15 is 0 Å². The zero-order valence-corrected chi connectivity index (χ0v) is 37.7. The van der Waals surface area contributed by atoms with E-state index in [0.717, 1.165) is 0 Å². The Morgan fingerprint density at radius 3 is 0.688 bits per heavy atom. The summed E-state index contributed by atoms with van der Waals surface area (Å²) in [5.74, 6) is 1.80. The van der Waals surface area contributed by atoms with Gasteiger partial charge in [0.2, 0.25) is 19.7 Å². The maximum absolute atomic E-state index is 12.7. The molecule has 0 saturated carbocycles. The molecule has 0 fully saturated rings. The standard InChI is InChI=1S/C26H16Cl2O3.C24H16Cl2O5S2/c27-21-9-1-17(2-10-21)25(29)19-5-13-23(14-6-19)31-24-15-7-20(8-16-24)26(30)18-3-11-22(28)12-4-18;25-17-1-9-21(10-2-17)32(27,28)23-13-5-19(6-14-23)31-20-7-15-24(16-8-20)33(29,30)22-11-3-18(26)4-12-22/h1-16H;1-16H. The molecule has 0 atom stereocenters. The quantitative estimate of drug-likeness (QED) is 0.111. The summed E-state index contributed by atoms with van der Waals surface area (Å²) in [6.45, 7) is 0. The number of benzene rings is 8. The second-order valence-corrected chi connectivity index (χ2v) is 19.4. The van der Waals surface area contributed by atoms with Crippen LogP contribution in [-0.2, 0) is 19.7 Å². The first-order valence-electron chi connectivity index (χ1n) is 19.0. The third kappa shape index (κ3) is 11.3. The smallest absolute Gasteiger partial charge is 0.206 e. The SMILES string of the molecule is O=C(c1ccc(Cl)cc1)c1ccc(Oc2ccc(C(=O)c3ccc(Cl)cc3)cc2)cc1.O=S(=O)(c1ccc(Cl)cc1)c1ccc(Oc2ccc(S(=O)(=O)c3ccc(Cl)cc3)cc2)cc1. The summed E-state index contributed by atoms with van der Waals surface area (Å²) < 4.78 is 62.5. The van der Waals surface area contributed by atoms with Gasteiger partial charge in [-0.1, -0.05) is 46.4 Å². The van der Waals surface area contributed by atoms with Crippen molar-refractivity contribution in [3.05, 3.63) is 236 Å². The van der Waals surface area contributed by atoms with Crippen molar-refractivity contribution in [3.8, 4) is 23.0 Å². The zero-order valence-electron chi connectivity index (χ0n) is 33.1. The van der Waals surface area contributed by atoms with Gasteiger partial charge in [-0.3, -0.25) is 9.59 Å². The third-order valence-corrected chi connectivity index (χ3v) is 14.0. The summed E-state index contributed by atoms with van der Waals surface area (Å²) in [6, 6.07) is 51.1. The number of halogens is 4. The molecule has 0 heterocycles. The molecule has 0 N–H and O–H groups in total. The number of ether oxygens (including phenoxy) is 2. The van der Waals surface area contributed by atoms with Crippen LogP contribution in [0.5, 0.6) is 23.0 Å². The van der Waals surface area contributed by atoms with Crippen LogP contribution in [0, 0.1) is 0 Å². The second kappa shape index (κ2) is 20.1. The molecule has 8 aromatic rings. The van der Waals surface area contributed by atoms with Gasteiger partial charge in [0.15, 0.2) is 11.6 Å². The van der Waals surface area contributed by atoms with E-state index in [1.165, 1.54) is 97.1 Å². The van der Waals surface area contributed by atoms with Gasteiger partial charge in [-0.15, -0.1) is 0 Å². The van der Waals surface area contributed by atoms with Crippen LogP contribution < -0.4 is 9.47 Å². The third-order valence-electron chi connectivity index (χ3n) is 9.43. The molecule has 0 aliphatic carbocycles. The molecule has 8 aromatic carbocycles. The summed E-state index contributed by atoms with van der Waals surface area (Å²) in [4.78, 5) is 25.6. The fraction of sp³-hybridized carbons (Fsp3) is 0. The Hall–Kier alpha value is -6.24. The Bertz CT molecular complexity index is 2910. The van der Waals surface area contributed by atoms with Crippen LogP contribution in [0.15, 0.2) is 214 Å². The Morgan fingerprint density at radius 1 is 0.281 bits per heavy atom. The molecule has 0 unspecified atom stereocenters. The summed E-state index contributed by atoms with van der Waals surface area (Å²) in [7, 11) is -7.37. The summed E-state index contributed by atoms with van der Waals surface area (Å²) >= 11 is 23.4. The van der Waals surface area contributed by atoms with Crippen molar-refractivity contribution in [1.29, 1.82) is 0 Å². The minimum atomic E-state index is -3.69. The second-order valence-electron chi connectivity index (χ2n) is 13.8. The topological polar surface area (TPSA) is 121 Å². The lowest BCUT2D eigenvalue weighted by molar-refractivity contribution is 0.103. The molecule has 0 aliphatic heterocycles.